The molecule has 1 fully saturated rings. The fraction of sp³-hybridized carbons (Fsp3) is 0.462. The van der Waals surface area contributed by atoms with Gasteiger partial charge in [-0.25, -0.2) is 0 Å². The summed E-state index contributed by atoms with van der Waals surface area (Å²) < 4.78 is 0. The Balaban J connectivity index is 2.43. The summed E-state index contributed by atoms with van der Waals surface area (Å²) in [5.41, 5.74) is 6.04. The van der Waals surface area contributed by atoms with Gasteiger partial charge in [0.25, 0.3) is 5.69 Å². The molecule has 0 saturated carbocycles. The largest absolute Gasteiger partial charge is 0.366 e. The second kappa shape index (κ2) is 5.87. The Kier molecular flexibility index (Phi) is 4.19. The third-order valence-corrected chi connectivity index (χ3v) is 3.58. The predicted molar refractivity (Wildman–Crippen MR) is 75.9 cm³/mol. The fourth-order valence-corrected chi connectivity index (χ4v) is 2.66. The SMILES string of the molecule is CNCC1CCCN1c1cc(C(N)=O)ccc1[N+](=O)[O-]. The van der Waals surface area contributed by atoms with E-state index >= 15 is 0 Å². The molecular formula is C13H18N4O3. The van der Waals surface area contributed by atoms with Gasteiger partial charge in [-0.05, 0) is 32.0 Å². The van der Waals surface area contributed by atoms with Crippen molar-refractivity contribution in [3.8, 4) is 0 Å². The van der Waals surface area contributed by atoms with E-state index in [1.54, 1.807) is 0 Å². The molecule has 0 aromatic heterocycles. The fourth-order valence-electron chi connectivity index (χ4n) is 2.66. The second-order valence-corrected chi connectivity index (χ2v) is 4.87. The predicted octanol–water partition coefficient (Wildman–Crippen LogP) is 0.882. The second-order valence-electron chi connectivity index (χ2n) is 4.87. The lowest BCUT2D eigenvalue weighted by Crippen LogP contribution is -2.37. The molecule has 1 unspecified atom stereocenters. The van der Waals surface area contributed by atoms with E-state index in [0.717, 1.165) is 25.9 Å². The minimum atomic E-state index is -0.578. The first kappa shape index (κ1) is 14.3. The Bertz CT molecular complexity index is 532. The van der Waals surface area contributed by atoms with Gasteiger partial charge in [-0.1, -0.05) is 0 Å². The molecule has 1 saturated heterocycles. The molecule has 1 aliphatic rings. The molecule has 1 aliphatic heterocycles. The lowest BCUT2D eigenvalue weighted by Gasteiger charge is -2.26. The van der Waals surface area contributed by atoms with Gasteiger partial charge in [0.05, 0.1) is 4.92 Å². The molecule has 7 nitrogen and oxygen atoms in total. The first-order valence-electron chi connectivity index (χ1n) is 6.54. The Hall–Kier alpha value is -2.15. The smallest absolute Gasteiger partial charge is 0.292 e. The third-order valence-electron chi connectivity index (χ3n) is 3.58. The van der Waals surface area contributed by atoms with Crippen LogP contribution in [0, 0.1) is 10.1 Å². The van der Waals surface area contributed by atoms with E-state index in [4.69, 9.17) is 5.73 Å². The van der Waals surface area contributed by atoms with Crippen LogP contribution in [0.4, 0.5) is 11.4 Å². The number of hydrogen-bond acceptors (Lipinski definition) is 5. The summed E-state index contributed by atoms with van der Waals surface area (Å²) in [7, 11) is 1.85. The molecule has 108 valence electrons. The summed E-state index contributed by atoms with van der Waals surface area (Å²) in [4.78, 5) is 24.0. The number of carbonyl (C=O) groups is 1. The quantitative estimate of drug-likeness (QED) is 0.615. The van der Waals surface area contributed by atoms with E-state index in [0.29, 0.717) is 11.3 Å². The lowest BCUT2D eigenvalue weighted by molar-refractivity contribution is -0.384. The van der Waals surface area contributed by atoms with Crippen molar-refractivity contribution >= 4 is 17.3 Å². The maximum atomic E-state index is 11.3. The van der Waals surface area contributed by atoms with Crippen LogP contribution in [-0.4, -0.2) is 37.0 Å². The first-order chi connectivity index (χ1) is 9.54. The molecule has 1 aromatic carbocycles. The molecule has 7 heteroatoms. The van der Waals surface area contributed by atoms with Crippen molar-refractivity contribution in [3.05, 3.63) is 33.9 Å². The number of nitrogens with one attached hydrogen (secondary N) is 1. The van der Waals surface area contributed by atoms with Crippen molar-refractivity contribution in [1.82, 2.24) is 5.32 Å². The van der Waals surface area contributed by atoms with E-state index in [1.807, 2.05) is 11.9 Å². The molecule has 20 heavy (non-hydrogen) atoms. The summed E-state index contributed by atoms with van der Waals surface area (Å²) in [6.07, 6.45) is 1.95. The van der Waals surface area contributed by atoms with Crippen LogP contribution in [-0.2, 0) is 0 Å². The van der Waals surface area contributed by atoms with Gasteiger partial charge in [0.1, 0.15) is 5.69 Å². The van der Waals surface area contributed by atoms with E-state index in [9.17, 15) is 14.9 Å². The van der Waals surface area contributed by atoms with Crippen LogP contribution < -0.4 is 16.0 Å². The Morgan fingerprint density at radius 3 is 2.95 bits per heavy atom. The van der Waals surface area contributed by atoms with Crippen molar-refractivity contribution in [2.75, 3.05) is 25.0 Å². The number of nitrogens with zero attached hydrogens (tertiary/aromatic N) is 2. The number of anilines is 1. The summed E-state index contributed by atoms with van der Waals surface area (Å²) in [5, 5.41) is 14.3. The average molecular weight is 278 g/mol. The van der Waals surface area contributed by atoms with Gasteiger partial charge in [-0.3, -0.25) is 14.9 Å². The molecule has 2 rings (SSSR count). The maximum Gasteiger partial charge on any atom is 0.292 e. The maximum absolute atomic E-state index is 11.3. The number of amides is 1. The number of likely N-dealkylation sites (N-methyl/N-ethyl adjacent to an activating group) is 1. The molecule has 0 aliphatic carbocycles. The summed E-state index contributed by atoms with van der Waals surface area (Å²) in [5.74, 6) is -0.578. The number of nitrogens with two attached hydrogens (primary N) is 1. The van der Waals surface area contributed by atoms with Crippen LogP contribution in [0.15, 0.2) is 18.2 Å². The van der Waals surface area contributed by atoms with Crippen LogP contribution >= 0.6 is 0 Å². The van der Waals surface area contributed by atoms with Crippen LogP contribution in [0.1, 0.15) is 23.2 Å². The molecule has 0 bridgehead atoms. The number of nitro groups is 1. The Morgan fingerprint density at radius 1 is 1.60 bits per heavy atom. The molecule has 1 aromatic rings. The highest BCUT2D eigenvalue weighted by atomic mass is 16.6. The number of nitro benzene ring substituents is 1. The molecule has 1 amide bonds. The number of hydrogen-bond donors (Lipinski definition) is 2. The van der Waals surface area contributed by atoms with Gasteiger partial charge in [-0.15, -0.1) is 0 Å². The van der Waals surface area contributed by atoms with E-state index in [2.05, 4.69) is 5.32 Å². The zero-order valence-electron chi connectivity index (χ0n) is 11.3. The van der Waals surface area contributed by atoms with Crippen molar-refractivity contribution in [2.45, 2.75) is 18.9 Å². The third kappa shape index (κ3) is 2.72. The van der Waals surface area contributed by atoms with Gasteiger partial charge >= 0.3 is 0 Å². The van der Waals surface area contributed by atoms with Crippen LogP contribution in [0.25, 0.3) is 0 Å². The molecule has 1 heterocycles. The molecule has 1 atom stereocenters. The highest BCUT2D eigenvalue weighted by Gasteiger charge is 2.29. The minimum absolute atomic E-state index is 0.0120. The van der Waals surface area contributed by atoms with Crippen molar-refractivity contribution < 1.29 is 9.72 Å². The van der Waals surface area contributed by atoms with Crippen LogP contribution in [0.2, 0.25) is 0 Å². The molecule has 3 N–H and O–H groups in total. The topological polar surface area (TPSA) is 102 Å². The van der Waals surface area contributed by atoms with E-state index in [-0.39, 0.29) is 11.7 Å². The van der Waals surface area contributed by atoms with Gasteiger partial charge in [0, 0.05) is 30.8 Å². The van der Waals surface area contributed by atoms with Gasteiger partial charge in [0.15, 0.2) is 0 Å². The monoisotopic (exact) mass is 278 g/mol. The summed E-state index contributed by atoms with van der Waals surface area (Å²) in [6.45, 7) is 1.49. The van der Waals surface area contributed by atoms with Gasteiger partial charge in [0.2, 0.25) is 5.91 Å². The zero-order chi connectivity index (χ0) is 14.7. The Morgan fingerprint density at radius 2 is 2.35 bits per heavy atom. The molecule has 0 spiro atoms. The van der Waals surface area contributed by atoms with Crippen molar-refractivity contribution in [1.29, 1.82) is 0 Å². The highest BCUT2D eigenvalue weighted by molar-refractivity contribution is 5.94. The standard InChI is InChI=1S/C13H18N4O3/c1-15-8-10-3-2-6-16(10)12-7-9(13(14)18)4-5-11(12)17(19)20/h4-5,7,10,15H,2-3,6,8H2,1H3,(H2,14,18). The highest BCUT2D eigenvalue weighted by Crippen LogP contribution is 2.34. The van der Waals surface area contributed by atoms with Crippen LogP contribution in [0.5, 0.6) is 0 Å². The van der Waals surface area contributed by atoms with E-state index in [1.165, 1.54) is 18.2 Å². The summed E-state index contributed by atoms with van der Waals surface area (Å²) in [6, 6.07) is 4.47. The zero-order valence-corrected chi connectivity index (χ0v) is 11.3. The lowest BCUT2D eigenvalue weighted by atomic mass is 10.1. The van der Waals surface area contributed by atoms with Crippen molar-refractivity contribution in [2.24, 2.45) is 5.73 Å². The van der Waals surface area contributed by atoms with Crippen molar-refractivity contribution in [3.63, 3.8) is 0 Å². The molecule has 0 radical (unpaired) electrons. The number of rotatable bonds is 5. The number of benzene rings is 1. The summed E-state index contributed by atoms with van der Waals surface area (Å²) >= 11 is 0. The van der Waals surface area contributed by atoms with Crippen LogP contribution in [0.3, 0.4) is 0 Å². The van der Waals surface area contributed by atoms with Gasteiger partial charge < -0.3 is 16.0 Å². The average Bonchev–Trinajstić information content (AvgIpc) is 2.86. The van der Waals surface area contributed by atoms with E-state index < -0.39 is 10.8 Å². The van der Waals surface area contributed by atoms with Gasteiger partial charge in [-0.2, -0.15) is 0 Å². The Labute approximate surface area is 116 Å². The first-order valence-corrected chi connectivity index (χ1v) is 6.54. The number of carbonyl (C=O) groups excluding carboxylic acids is 1. The minimum Gasteiger partial charge on any atom is -0.366 e. The normalized spacial score (nSPS) is 18.2. The molecular weight excluding hydrogens is 260 g/mol. The number of primary amides is 1.